The summed E-state index contributed by atoms with van der Waals surface area (Å²) in [5.41, 5.74) is 9.13. The van der Waals surface area contributed by atoms with Gasteiger partial charge in [-0.15, -0.1) is 0 Å². The van der Waals surface area contributed by atoms with Crippen LogP contribution in [0.1, 0.15) is 0 Å². The van der Waals surface area contributed by atoms with Crippen molar-refractivity contribution in [1.29, 1.82) is 0 Å². The first kappa shape index (κ1) is 33.4. The maximum atomic E-state index is 6.51. The van der Waals surface area contributed by atoms with E-state index in [4.69, 9.17) is 29.3 Å². The van der Waals surface area contributed by atoms with Crippen LogP contribution in [0.25, 0.3) is 89.9 Å². The van der Waals surface area contributed by atoms with Crippen LogP contribution < -0.4 is 0 Å². The molecule has 0 aliphatic rings. The second-order valence-electron chi connectivity index (χ2n) is 13.3. The maximum absolute atomic E-state index is 6.51. The van der Waals surface area contributed by atoms with Gasteiger partial charge in [0.15, 0.2) is 23.3 Å². The summed E-state index contributed by atoms with van der Waals surface area (Å²) in [4.78, 5) is 27.4. The average molecular weight is 738 g/mol. The Bertz CT molecular complexity index is 2990. The third-order valence-electron chi connectivity index (χ3n) is 9.66. The lowest BCUT2D eigenvalue weighted by atomic mass is 10.0. The molecule has 0 fully saturated rings. The predicted molar refractivity (Wildman–Crippen MR) is 226 cm³/mol. The van der Waals surface area contributed by atoms with Gasteiger partial charge in [0.25, 0.3) is 0 Å². The highest BCUT2D eigenvalue weighted by molar-refractivity contribution is 7.99. The van der Waals surface area contributed by atoms with E-state index in [1.165, 1.54) is 0 Å². The molecule has 0 N–H and O–H groups in total. The van der Waals surface area contributed by atoms with Crippen LogP contribution in [-0.2, 0) is 0 Å². The Morgan fingerprint density at radius 1 is 0.393 bits per heavy atom. The minimum Gasteiger partial charge on any atom is -0.456 e. The minimum absolute atomic E-state index is 0.561. The van der Waals surface area contributed by atoms with E-state index in [9.17, 15) is 0 Å². The fraction of sp³-hybridized carbons (Fsp3) is 0. The summed E-state index contributed by atoms with van der Waals surface area (Å²) in [6.07, 6.45) is 1.93. The Morgan fingerprint density at radius 3 is 1.71 bits per heavy atom. The van der Waals surface area contributed by atoms with Gasteiger partial charge in [0.1, 0.15) is 11.2 Å². The Balaban J connectivity index is 1.15. The van der Waals surface area contributed by atoms with Crippen molar-refractivity contribution in [2.24, 2.45) is 0 Å². The lowest BCUT2D eigenvalue weighted by Crippen LogP contribution is -2.00. The number of benzene rings is 7. The maximum Gasteiger partial charge on any atom is 0.164 e. The first-order valence-electron chi connectivity index (χ1n) is 18.3. The first-order valence-corrected chi connectivity index (χ1v) is 19.1. The number of hydrogen-bond acceptors (Lipinski definition) is 7. The van der Waals surface area contributed by atoms with Gasteiger partial charge in [0, 0.05) is 49.7 Å². The van der Waals surface area contributed by atoms with E-state index >= 15 is 0 Å². The lowest BCUT2D eigenvalue weighted by molar-refractivity contribution is 0.669. The molecule has 0 saturated heterocycles. The SMILES string of the molecule is c1ccc(Sc2cnc(-c3ccccc3)nc2-c2ccc3oc4cccc(-c5nc(-c6ccccc6)nc(-c6cccc(-c7ccccc7)c6)n5)c4c3c2)cc1. The zero-order valence-corrected chi connectivity index (χ0v) is 30.8. The average Bonchev–Trinajstić information content (AvgIpc) is 3.66. The van der Waals surface area contributed by atoms with Crippen LogP contribution in [0.4, 0.5) is 0 Å². The van der Waals surface area contributed by atoms with Crippen LogP contribution in [0.2, 0.25) is 0 Å². The summed E-state index contributed by atoms with van der Waals surface area (Å²) in [6, 6.07) is 61.5. The second-order valence-corrected chi connectivity index (χ2v) is 14.4. The molecule has 0 spiro atoms. The number of furan rings is 1. The van der Waals surface area contributed by atoms with E-state index in [-0.39, 0.29) is 0 Å². The Hall–Kier alpha value is -7.22. The van der Waals surface area contributed by atoms with E-state index in [1.54, 1.807) is 11.8 Å². The molecular formula is C49H31N5OS. The molecule has 0 radical (unpaired) electrons. The summed E-state index contributed by atoms with van der Waals surface area (Å²) >= 11 is 1.65. The summed E-state index contributed by atoms with van der Waals surface area (Å²) in [7, 11) is 0. The molecule has 264 valence electrons. The molecule has 10 rings (SSSR count). The largest absolute Gasteiger partial charge is 0.456 e. The molecule has 0 saturated carbocycles. The van der Waals surface area contributed by atoms with Crippen molar-refractivity contribution >= 4 is 33.7 Å². The van der Waals surface area contributed by atoms with Gasteiger partial charge in [-0.2, -0.15) is 0 Å². The molecule has 7 heteroatoms. The summed E-state index contributed by atoms with van der Waals surface area (Å²) in [5.74, 6) is 2.41. The monoisotopic (exact) mass is 737 g/mol. The Morgan fingerprint density at radius 2 is 0.982 bits per heavy atom. The minimum atomic E-state index is 0.561. The van der Waals surface area contributed by atoms with E-state index in [0.717, 1.165) is 76.4 Å². The highest BCUT2D eigenvalue weighted by Gasteiger charge is 2.20. The number of fused-ring (bicyclic) bond motifs is 3. The van der Waals surface area contributed by atoms with Gasteiger partial charge in [0.2, 0.25) is 0 Å². The molecule has 7 aromatic carbocycles. The number of rotatable bonds is 8. The van der Waals surface area contributed by atoms with Crippen molar-refractivity contribution in [2.45, 2.75) is 9.79 Å². The second kappa shape index (κ2) is 14.5. The van der Waals surface area contributed by atoms with Gasteiger partial charge in [-0.3, -0.25) is 0 Å². The van der Waals surface area contributed by atoms with Gasteiger partial charge in [-0.05, 0) is 53.6 Å². The molecular weight excluding hydrogens is 707 g/mol. The smallest absolute Gasteiger partial charge is 0.164 e. The molecule has 3 aromatic heterocycles. The molecule has 56 heavy (non-hydrogen) atoms. The van der Waals surface area contributed by atoms with Crippen LogP contribution in [-0.4, -0.2) is 24.9 Å². The van der Waals surface area contributed by atoms with Gasteiger partial charge in [-0.25, -0.2) is 24.9 Å². The molecule has 0 aliphatic heterocycles. The summed E-state index contributed by atoms with van der Waals surface area (Å²) in [6.45, 7) is 0. The van der Waals surface area contributed by atoms with Crippen molar-refractivity contribution in [3.05, 3.63) is 188 Å². The van der Waals surface area contributed by atoms with Crippen molar-refractivity contribution in [3.63, 3.8) is 0 Å². The highest BCUT2D eigenvalue weighted by atomic mass is 32.2. The molecule has 0 unspecified atom stereocenters. The standard InChI is InChI=1S/C49H31N5OS/c1-5-15-32(16-6-1)35-21-13-22-37(29-35)48-52-47(34-19-9-3-10-20-34)53-49(54-48)39-25-14-26-42-44(39)40-30-36(27-28-41(40)55-42)45-43(56-38-23-11-4-12-24-38)31-50-46(51-45)33-17-7-2-8-18-33/h1-31H. The van der Waals surface area contributed by atoms with E-state index < -0.39 is 0 Å². The highest BCUT2D eigenvalue weighted by Crippen LogP contribution is 2.41. The van der Waals surface area contributed by atoms with Crippen LogP contribution >= 0.6 is 11.8 Å². The quantitative estimate of drug-likeness (QED) is 0.154. The summed E-state index contributed by atoms with van der Waals surface area (Å²) < 4.78 is 6.51. The molecule has 0 aliphatic carbocycles. The number of hydrogen-bond donors (Lipinski definition) is 0. The molecule has 3 heterocycles. The third kappa shape index (κ3) is 6.50. The molecule has 0 atom stereocenters. The van der Waals surface area contributed by atoms with Gasteiger partial charge < -0.3 is 4.42 Å². The zero-order chi connectivity index (χ0) is 37.3. The van der Waals surface area contributed by atoms with E-state index in [0.29, 0.717) is 23.3 Å². The van der Waals surface area contributed by atoms with Crippen molar-refractivity contribution < 1.29 is 4.42 Å². The van der Waals surface area contributed by atoms with Crippen molar-refractivity contribution in [1.82, 2.24) is 24.9 Å². The fourth-order valence-electron chi connectivity index (χ4n) is 6.96. The Kier molecular flexibility index (Phi) is 8.67. The van der Waals surface area contributed by atoms with Gasteiger partial charge in [0.05, 0.1) is 10.6 Å². The fourth-order valence-corrected chi connectivity index (χ4v) is 7.88. The van der Waals surface area contributed by atoms with Crippen LogP contribution in [0.3, 0.4) is 0 Å². The van der Waals surface area contributed by atoms with Crippen LogP contribution in [0, 0.1) is 0 Å². The lowest BCUT2D eigenvalue weighted by Gasteiger charge is -2.11. The van der Waals surface area contributed by atoms with Crippen molar-refractivity contribution in [3.8, 4) is 67.9 Å². The zero-order valence-electron chi connectivity index (χ0n) is 30.0. The molecule has 0 amide bonds. The van der Waals surface area contributed by atoms with Gasteiger partial charge >= 0.3 is 0 Å². The van der Waals surface area contributed by atoms with E-state index in [2.05, 4.69) is 66.7 Å². The molecule has 10 aromatic rings. The molecule has 0 bridgehead atoms. The molecule has 6 nitrogen and oxygen atoms in total. The van der Waals surface area contributed by atoms with Crippen molar-refractivity contribution in [2.75, 3.05) is 0 Å². The summed E-state index contributed by atoms with van der Waals surface area (Å²) in [5, 5.41) is 1.87. The topological polar surface area (TPSA) is 77.6 Å². The third-order valence-corrected chi connectivity index (χ3v) is 10.7. The number of nitrogens with zero attached hydrogens (tertiary/aromatic N) is 5. The van der Waals surface area contributed by atoms with Crippen LogP contribution in [0.15, 0.2) is 202 Å². The van der Waals surface area contributed by atoms with E-state index in [1.807, 2.05) is 121 Å². The van der Waals surface area contributed by atoms with Crippen LogP contribution in [0.5, 0.6) is 0 Å². The predicted octanol–water partition coefficient (Wildman–Crippen LogP) is 12.7. The Labute approximate surface area is 327 Å². The van der Waals surface area contributed by atoms with Gasteiger partial charge in [-0.1, -0.05) is 151 Å². The normalized spacial score (nSPS) is 11.3. The first-order chi connectivity index (χ1) is 27.7. The number of aromatic nitrogens is 5.